The molecule has 9 nitrogen and oxygen atoms in total. The number of hydrogen-bond donors (Lipinski definition) is 2. The molecule has 0 atom stereocenters. The van der Waals surface area contributed by atoms with E-state index in [9.17, 15) is 14.4 Å². The van der Waals surface area contributed by atoms with Gasteiger partial charge in [0.05, 0.1) is 5.56 Å². The van der Waals surface area contributed by atoms with Gasteiger partial charge in [-0.05, 0) is 30.3 Å². The van der Waals surface area contributed by atoms with Crippen molar-refractivity contribution < 1.29 is 28.6 Å². The van der Waals surface area contributed by atoms with E-state index in [1.807, 2.05) is 0 Å². The zero-order chi connectivity index (χ0) is 20.1. The van der Waals surface area contributed by atoms with Gasteiger partial charge in [-0.15, -0.1) is 0 Å². The number of amides is 3. The number of hydrogen-bond acceptors (Lipinski definition) is 6. The van der Waals surface area contributed by atoms with Gasteiger partial charge in [0.15, 0.2) is 18.1 Å². The average Bonchev–Trinajstić information content (AvgIpc) is 3.17. The smallest absolute Gasteiger partial charge is 0.273 e. The van der Waals surface area contributed by atoms with Crippen LogP contribution in [0.25, 0.3) is 0 Å². The molecule has 0 bridgehead atoms. The molecule has 1 aliphatic heterocycles. The van der Waals surface area contributed by atoms with Crippen molar-refractivity contribution in [2.45, 2.75) is 0 Å². The molecule has 2 N–H and O–H groups in total. The fourth-order valence-electron chi connectivity index (χ4n) is 2.34. The third-order valence-corrected chi connectivity index (χ3v) is 3.91. The summed E-state index contributed by atoms with van der Waals surface area (Å²) in [7, 11) is 3.21. The van der Waals surface area contributed by atoms with Gasteiger partial charge in [0.25, 0.3) is 17.7 Å². The van der Waals surface area contributed by atoms with Crippen LogP contribution < -0.4 is 25.1 Å². The van der Waals surface area contributed by atoms with Crippen molar-refractivity contribution in [1.82, 2.24) is 15.8 Å². The Balaban J connectivity index is 1.62. The van der Waals surface area contributed by atoms with Crippen LogP contribution in [0.2, 0.25) is 0 Å². The first kappa shape index (κ1) is 19.0. The maximum Gasteiger partial charge on any atom is 0.273 e. The summed E-state index contributed by atoms with van der Waals surface area (Å²) < 4.78 is 15.8. The molecule has 3 rings (SSSR count). The third-order valence-electron chi connectivity index (χ3n) is 3.91. The maximum absolute atomic E-state index is 12.4. The van der Waals surface area contributed by atoms with Crippen molar-refractivity contribution in [1.29, 1.82) is 0 Å². The minimum absolute atomic E-state index is 0.101. The Kier molecular flexibility index (Phi) is 5.64. The molecule has 1 aliphatic rings. The third kappa shape index (κ3) is 4.32. The normalized spacial score (nSPS) is 11.5. The zero-order valence-corrected chi connectivity index (χ0v) is 15.4. The second-order valence-electron chi connectivity index (χ2n) is 6.05. The first-order valence-corrected chi connectivity index (χ1v) is 8.38. The largest absolute Gasteiger partial charge is 0.483 e. The number of rotatable bonds is 5. The van der Waals surface area contributed by atoms with Gasteiger partial charge < -0.3 is 19.1 Å². The molecular weight excluding hydrogens is 366 g/mol. The molecular formula is C19H19N3O6. The number of fused-ring (bicyclic) bond motifs is 1. The molecule has 0 unspecified atom stereocenters. The number of hydrazine groups is 1. The van der Waals surface area contributed by atoms with E-state index in [0.717, 1.165) is 0 Å². The number of benzene rings is 2. The number of carbonyl (C=O) groups is 3. The lowest BCUT2D eigenvalue weighted by molar-refractivity contribution is -0.130. The van der Waals surface area contributed by atoms with E-state index in [-0.39, 0.29) is 30.6 Å². The Bertz CT molecular complexity index is 912. The van der Waals surface area contributed by atoms with Gasteiger partial charge in [0.1, 0.15) is 5.75 Å². The summed E-state index contributed by atoms with van der Waals surface area (Å²) in [6.07, 6.45) is 0. The average molecular weight is 385 g/mol. The Hall–Kier alpha value is -3.75. The first-order chi connectivity index (χ1) is 13.5. The van der Waals surface area contributed by atoms with Crippen molar-refractivity contribution in [3.8, 4) is 17.2 Å². The van der Waals surface area contributed by atoms with Crippen molar-refractivity contribution in [2.24, 2.45) is 0 Å². The van der Waals surface area contributed by atoms with Crippen molar-refractivity contribution in [2.75, 3.05) is 27.5 Å². The van der Waals surface area contributed by atoms with E-state index in [4.69, 9.17) is 14.2 Å². The summed E-state index contributed by atoms with van der Waals surface area (Å²) in [5.74, 6) is -0.101. The van der Waals surface area contributed by atoms with Gasteiger partial charge >= 0.3 is 0 Å². The van der Waals surface area contributed by atoms with E-state index in [2.05, 4.69) is 10.9 Å². The standard InChI is InChI=1S/C19H19N3O6/c1-22(2)17(23)10-26-14-6-4-3-5-13(14)19(25)21-20-18(24)12-7-8-15-16(9-12)28-11-27-15/h3-9H,10-11H2,1-2H3,(H,20,24)(H,21,25). The fraction of sp³-hybridized carbons (Fsp3) is 0.211. The fourth-order valence-corrected chi connectivity index (χ4v) is 2.34. The van der Waals surface area contributed by atoms with Crippen LogP contribution in [0, 0.1) is 0 Å². The molecule has 0 aromatic heterocycles. The van der Waals surface area contributed by atoms with Crippen LogP contribution in [-0.2, 0) is 4.79 Å². The minimum atomic E-state index is -0.581. The van der Waals surface area contributed by atoms with Gasteiger partial charge in [0, 0.05) is 19.7 Å². The quantitative estimate of drug-likeness (QED) is 0.743. The Morgan fingerprint density at radius 3 is 2.50 bits per heavy atom. The van der Waals surface area contributed by atoms with E-state index >= 15 is 0 Å². The SMILES string of the molecule is CN(C)C(=O)COc1ccccc1C(=O)NNC(=O)c1ccc2c(c1)OCO2. The number of para-hydroxylation sites is 1. The van der Waals surface area contributed by atoms with Crippen molar-refractivity contribution in [3.05, 3.63) is 53.6 Å². The van der Waals surface area contributed by atoms with Gasteiger partial charge in [-0.2, -0.15) is 0 Å². The van der Waals surface area contributed by atoms with Crippen molar-refractivity contribution >= 4 is 17.7 Å². The molecule has 3 amide bonds. The summed E-state index contributed by atoms with van der Waals surface area (Å²) in [5, 5.41) is 0. The van der Waals surface area contributed by atoms with Gasteiger partial charge in [-0.1, -0.05) is 12.1 Å². The van der Waals surface area contributed by atoms with Crippen LogP contribution in [0.3, 0.4) is 0 Å². The molecule has 2 aromatic carbocycles. The molecule has 0 aliphatic carbocycles. The highest BCUT2D eigenvalue weighted by atomic mass is 16.7. The molecule has 0 spiro atoms. The van der Waals surface area contributed by atoms with E-state index in [1.165, 1.54) is 17.0 Å². The number of likely N-dealkylation sites (N-methyl/N-ethyl adjacent to an activating group) is 1. The lowest BCUT2D eigenvalue weighted by Gasteiger charge is -2.14. The van der Waals surface area contributed by atoms with E-state index in [1.54, 1.807) is 44.4 Å². The highest BCUT2D eigenvalue weighted by Gasteiger charge is 2.18. The Morgan fingerprint density at radius 1 is 1.00 bits per heavy atom. The summed E-state index contributed by atoms with van der Waals surface area (Å²) >= 11 is 0. The lowest BCUT2D eigenvalue weighted by atomic mass is 10.2. The summed E-state index contributed by atoms with van der Waals surface area (Å²) in [6.45, 7) is -0.106. The zero-order valence-electron chi connectivity index (χ0n) is 15.4. The van der Waals surface area contributed by atoms with E-state index < -0.39 is 11.8 Å². The molecule has 146 valence electrons. The molecule has 0 saturated heterocycles. The topological polar surface area (TPSA) is 106 Å². The second kappa shape index (κ2) is 8.30. The van der Waals surface area contributed by atoms with Crippen LogP contribution in [0.1, 0.15) is 20.7 Å². The van der Waals surface area contributed by atoms with Gasteiger partial charge in [-0.25, -0.2) is 0 Å². The maximum atomic E-state index is 12.4. The minimum Gasteiger partial charge on any atom is -0.483 e. The lowest BCUT2D eigenvalue weighted by Crippen LogP contribution is -2.41. The first-order valence-electron chi connectivity index (χ1n) is 8.38. The summed E-state index contributed by atoms with van der Waals surface area (Å²) in [5.41, 5.74) is 5.14. The monoisotopic (exact) mass is 385 g/mol. The summed E-state index contributed by atoms with van der Waals surface area (Å²) in [4.78, 5) is 37.7. The molecule has 0 radical (unpaired) electrons. The number of nitrogens with zero attached hydrogens (tertiary/aromatic N) is 1. The number of ether oxygens (including phenoxy) is 3. The van der Waals surface area contributed by atoms with Crippen molar-refractivity contribution in [3.63, 3.8) is 0 Å². The highest BCUT2D eigenvalue weighted by molar-refractivity contribution is 6.00. The molecule has 28 heavy (non-hydrogen) atoms. The van der Waals surface area contributed by atoms with Crippen LogP contribution in [0.15, 0.2) is 42.5 Å². The van der Waals surface area contributed by atoms with Crippen LogP contribution in [-0.4, -0.2) is 50.1 Å². The van der Waals surface area contributed by atoms with E-state index in [0.29, 0.717) is 17.1 Å². The predicted octanol–water partition coefficient (Wildman–Crippen LogP) is 0.957. The molecule has 2 aromatic rings. The number of carbonyl (C=O) groups excluding carboxylic acids is 3. The Morgan fingerprint density at radius 2 is 1.71 bits per heavy atom. The molecule has 0 fully saturated rings. The molecule has 0 saturated carbocycles. The van der Waals surface area contributed by atoms with Crippen LogP contribution in [0.4, 0.5) is 0 Å². The van der Waals surface area contributed by atoms with Gasteiger partial charge in [-0.3, -0.25) is 25.2 Å². The Labute approximate surface area is 161 Å². The van der Waals surface area contributed by atoms with Crippen LogP contribution >= 0.6 is 0 Å². The van der Waals surface area contributed by atoms with Crippen LogP contribution in [0.5, 0.6) is 17.2 Å². The molecule has 9 heteroatoms. The summed E-state index contributed by atoms with van der Waals surface area (Å²) in [6, 6.07) is 11.1. The predicted molar refractivity (Wildman–Crippen MR) is 98.1 cm³/mol. The second-order valence-corrected chi connectivity index (χ2v) is 6.05. The van der Waals surface area contributed by atoms with Gasteiger partial charge in [0.2, 0.25) is 6.79 Å². The highest BCUT2D eigenvalue weighted by Crippen LogP contribution is 2.32. The molecule has 1 heterocycles. The number of nitrogens with one attached hydrogen (secondary N) is 2.